The molecule has 4 rings (SSSR count). The quantitative estimate of drug-likeness (QED) is 0.754. The molecule has 0 bridgehead atoms. The second kappa shape index (κ2) is 6.18. The first-order chi connectivity index (χ1) is 11.7. The lowest BCUT2D eigenvalue weighted by Gasteiger charge is -2.05. The molecule has 0 atom stereocenters. The van der Waals surface area contributed by atoms with Crippen LogP contribution in [0, 0.1) is 0 Å². The summed E-state index contributed by atoms with van der Waals surface area (Å²) in [5.41, 5.74) is 4.04. The van der Waals surface area contributed by atoms with Gasteiger partial charge in [0, 0.05) is 34.1 Å². The molecule has 1 aliphatic heterocycles. The Balaban J connectivity index is 1.44. The average molecular weight is 355 g/mol. The molecular formula is C17H13N3O2S2. The van der Waals surface area contributed by atoms with Gasteiger partial charge in [0.25, 0.3) is 5.91 Å². The third-order valence-electron chi connectivity index (χ3n) is 3.74. The highest BCUT2D eigenvalue weighted by Crippen LogP contribution is 2.26. The van der Waals surface area contributed by atoms with Gasteiger partial charge in [0.2, 0.25) is 5.91 Å². The molecule has 2 amide bonds. The van der Waals surface area contributed by atoms with Gasteiger partial charge in [-0.25, -0.2) is 4.98 Å². The van der Waals surface area contributed by atoms with E-state index in [0.717, 1.165) is 21.8 Å². The lowest BCUT2D eigenvalue weighted by molar-refractivity contribution is -0.115. The predicted molar refractivity (Wildman–Crippen MR) is 95.4 cm³/mol. The summed E-state index contributed by atoms with van der Waals surface area (Å²) >= 11 is 3.16. The van der Waals surface area contributed by atoms with Crippen LogP contribution in [0.4, 0.5) is 5.69 Å². The van der Waals surface area contributed by atoms with Crippen molar-refractivity contribution in [2.24, 2.45) is 0 Å². The highest BCUT2D eigenvalue weighted by Gasteiger charge is 2.19. The van der Waals surface area contributed by atoms with Crippen LogP contribution in [-0.4, -0.2) is 16.8 Å². The maximum absolute atomic E-state index is 12.2. The highest BCUT2D eigenvalue weighted by atomic mass is 32.1. The Hall–Kier alpha value is -2.51. The SMILES string of the molecule is O=C(Cc1csc(-c2ccsc2)n1)Nc1ccc2c(c1)C(=O)NC2. The molecule has 3 heterocycles. The molecule has 7 heteroatoms. The number of thiazole rings is 1. The molecule has 0 spiro atoms. The van der Waals surface area contributed by atoms with Crippen molar-refractivity contribution in [1.29, 1.82) is 0 Å². The van der Waals surface area contributed by atoms with Gasteiger partial charge in [-0.3, -0.25) is 9.59 Å². The smallest absolute Gasteiger partial charge is 0.251 e. The number of carbonyl (C=O) groups excluding carboxylic acids is 2. The number of anilines is 1. The Morgan fingerprint density at radius 1 is 1.29 bits per heavy atom. The molecule has 1 aromatic carbocycles. The molecule has 0 radical (unpaired) electrons. The van der Waals surface area contributed by atoms with Crippen LogP contribution < -0.4 is 10.6 Å². The third kappa shape index (κ3) is 2.95. The first-order valence-corrected chi connectivity index (χ1v) is 9.19. The van der Waals surface area contributed by atoms with Crippen LogP contribution >= 0.6 is 22.7 Å². The lowest BCUT2D eigenvalue weighted by atomic mass is 10.1. The molecule has 5 nitrogen and oxygen atoms in total. The van der Waals surface area contributed by atoms with Crippen LogP contribution in [-0.2, 0) is 17.8 Å². The number of benzene rings is 1. The number of rotatable bonds is 4. The van der Waals surface area contributed by atoms with Crippen molar-refractivity contribution >= 4 is 40.2 Å². The minimum absolute atomic E-state index is 0.0963. The fourth-order valence-electron chi connectivity index (χ4n) is 2.57. The van der Waals surface area contributed by atoms with Crippen LogP contribution in [0.1, 0.15) is 21.6 Å². The maximum Gasteiger partial charge on any atom is 0.251 e. The molecule has 3 aromatic rings. The van der Waals surface area contributed by atoms with Gasteiger partial charge in [-0.05, 0) is 29.1 Å². The Bertz CT molecular complexity index is 916. The zero-order valence-corrected chi connectivity index (χ0v) is 14.2. The van der Waals surface area contributed by atoms with Gasteiger partial charge in [-0.2, -0.15) is 11.3 Å². The molecule has 0 fully saturated rings. The number of fused-ring (bicyclic) bond motifs is 1. The van der Waals surface area contributed by atoms with E-state index in [0.29, 0.717) is 17.8 Å². The normalized spacial score (nSPS) is 12.8. The molecule has 0 aliphatic carbocycles. The molecular weight excluding hydrogens is 342 g/mol. The van der Waals surface area contributed by atoms with E-state index in [4.69, 9.17) is 0 Å². The van der Waals surface area contributed by atoms with Crippen molar-refractivity contribution in [3.05, 3.63) is 57.2 Å². The summed E-state index contributed by atoms with van der Waals surface area (Å²) in [4.78, 5) is 28.4. The van der Waals surface area contributed by atoms with Crippen molar-refractivity contribution in [3.63, 3.8) is 0 Å². The summed E-state index contributed by atoms with van der Waals surface area (Å²) in [6, 6.07) is 7.41. The second-order valence-electron chi connectivity index (χ2n) is 5.44. The Labute approximate surface area is 146 Å². The number of aromatic nitrogens is 1. The van der Waals surface area contributed by atoms with Gasteiger partial charge in [0.05, 0.1) is 12.1 Å². The van der Waals surface area contributed by atoms with Crippen LogP contribution in [0.25, 0.3) is 10.6 Å². The average Bonchev–Trinajstić information content (AvgIpc) is 3.29. The summed E-state index contributed by atoms with van der Waals surface area (Å²) in [5, 5.41) is 12.5. The van der Waals surface area contributed by atoms with Crippen LogP contribution in [0.15, 0.2) is 40.4 Å². The zero-order chi connectivity index (χ0) is 16.5. The molecule has 1 aliphatic rings. The summed E-state index contributed by atoms with van der Waals surface area (Å²) in [7, 11) is 0. The van der Waals surface area contributed by atoms with Gasteiger partial charge in [0.1, 0.15) is 5.01 Å². The largest absolute Gasteiger partial charge is 0.348 e. The Morgan fingerprint density at radius 3 is 3.04 bits per heavy atom. The zero-order valence-electron chi connectivity index (χ0n) is 12.5. The van der Waals surface area contributed by atoms with Gasteiger partial charge in [-0.15, -0.1) is 11.3 Å². The van der Waals surface area contributed by atoms with Crippen molar-refractivity contribution in [2.75, 3.05) is 5.32 Å². The van der Waals surface area contributed by atoms with Gasteiger partial charge < -0.3 is 10.6 Å². The first-order valence-electron chi connectivity index (χ1n) is 7.37. The lowest BCUT2D eigenvalue weighted by Crippen LogP contribution is -2.15. The van der Waals surface area contributed by atoms with Crippen LogP contribution in [0.5, 0.6) is 0 Å². The van der Waals surface area contributed by atoms with Gasteiger partial charge >= 0.3 is 0 Å². The number of nitrogens with zero attached hydrogens (tertiary/aromatic N) is 1. The van der Waals surface area contributed by atoms with E-state index in [1.807, 2.05) is 34.3 Å². The molecule has 0 unspecified atom stereocenters. The van der Waals surface area contributed by atoms with E-state index in [1.165, 1.54) is 11.3 Å². The monoisotopic (exact) mass is 355 g/mol. The van der Waals surface area contributed by atoms with E-state index in [2.05, 4.69) is 15.6 Å². The number of carbonyl (C=O) groups is 2. The topological polar surface area (TPSA) is 71.1 Å². The van der Waals surface area contributed by atoms with Gasteiger partial charge in [0.15, 0.2) is 0 Å². The van der Waals surface area contributed by atoms with Crippen LogP contribution in [0.3, 0.4) is 0 Å². The molecule has 120 valence electrons. The van der Waals surface area contributed by atoms with E-state index in [-0.39, 0.29) is 18.2 Å². The van der Waals surface area contributed by atoms with E-state index in [1.54, 1.807) is 17.4 Å². The Morgan fingerprint density at radius 2 is 2.21 bits per heavy atom. The minimum atomic E-state index is -0.143. The Kier molecular flexibility index (Phi) is 3.87. The summed E-state index contributed by atoms with van der Waals surface area (Å²) in [6.45, 7) is 0.548. The van der Waals surface area contributed by atoms with Crippen LogP contribution in [0.2, 0.25) is 0 Å². The number of hydrogen-bond donors (Lipinski definition) is 2. The highest BCUT2D eigenvalue weighted by molar-refractivity contribution is 7.14. The van der Waals surface area contributed by atoms with E-state index < -0.39 is 0 Å². The molecule has 2 N–H and O–H groups in total. The number of hydrogen-bond acceptors (Lipinski definition) is 5. The molecule has 24 heavy (non-hydrogen) atoms. The number of nitrogens with one attached hydrogen (secondary N) is 2. The molecule has 0 saturated heterocycles. The standard InChI is InChI=1S/C17H13N3O2S2/c21-15(6-13-9-24-17(20-13)11-3-4-23-8-11)19-12-2-1-10-7-18-16(22)14(10)5-12/h1-5,8-9H,6-7H2,(H,18,22)(H,19,21). The van der Waals surface area contributed by atoms with Gasteiger partial charge in [-0.1, -0.05) is 6.07 Å². The summed E-state index contributed by atoms with van der Waals surface area (Å²) < 4.78 is 0. The number of amides is 2. The predicted octanol–water partition coefficient (Wildman–Crippen LogP) is 3.30. The third-order valence-corrected chi connectivity index (χ3v) is 5.36. The van der Waals surface area contributed by atoms with E-state index >= 15 is 0 Å². The fourth-order valence-corrected chi connectivity index (χ4v) is 4.10. The summed E-state index contributed by atoms with van der Waals surface area (Å²) in [6.07, 6.45) is 0.212. The maximum atomic E-state index is 12.2. The van der Waals surface area contributed by atoms with Crippen molar-refractivity contribution in [3.8, 4) is 10.6 Å². The second-order valence-corrected chi connectivity index (χ2v) is 7.07. The number of thiophene rings is 1. The van der Waals surface area contributed by atoms with E-state index in [9.17, 15) is 9.59 Å². The fraction of sp³-hybridized carbons (Fsp3) is 0.118. The molecule has 2 aromatic heterocycles. The van der Waals surface area contributed by atoms with Crippen molar-refractivity contribution in [2.45, 2.75) is 13.0 Å². The molecule has 0 saturated carbocycles. The van der Waals surface area contributed by atoms with Crippen molar-refractivity contribution in [1.82, 2.24) is 10.3 Å². The first kappa shape index (κ1) is 15.0. The minimum Gasteiger partial charge on any atom is -0.348 e. The van der Waals surface area contributed by atoms with Crippen molar-refractivity contribution < 1.29 is 9.59 Å². The summed E-state index contributed by atoms with van der Waals surface area (Å²) in [5.74, 6) is -0.239.